The van der Waals surface area contributed by atoms with Crippen LogP contribution in [0.3, 0.4) is 0 Å². The van der Waals surface area contributed by atoms with Crippen LogP contribution >= 0.6 is 0 Å². The number of benzene rings is 1. The van der Waals surface area contributed by atoms with Crippen LogP contribution < -0.4 is 0 Å². The molecule has 0 aliphatic heterocycles. The lowest BCUT2D eigenvalue weighted by Crippen LogP contribution is -2.28. The van der Waals surface area contributed by atoms with E-state index in [1.165, 1.54) is 10.5 Å². The van der Waals surface area contributed by atoms with Crippen LogP contribution in [0, 0.1) is 5.92 Å². The van der Waals surface area contributed by atoms with Crippen molar-refractivity contribution in [2.45, 2.75) is 33.1 Å². The fraction of sp³-hybridized carbons (Fsp3) is 0.529. The molecule has 1 amide bonds. The molecule has 1 rings (SSSR count). The van der Waals surface area contributed by atoms with Crippen molar-refractivity contribution in [2.75, 3.05) is 20.7 Å². The minimum absolute atomic E-state index is 0.207. The highest BCUT2D eigenvalue weighted by Crippen LogP contribution is 2.18. The normalized spacial score (nSPS) is 12.1. The van der Waals surface area contributed by atoms with Crippen molar-refractivity contribution < 1.29 is 14.3 Å². The third-order valence-corrected chi connectivity index (χ3v) is 3.31. The van der Waals surface area contributed by atoms with E-state index in [1.807, 2.05) is 24.3 Å². The maximum atomic E-state index is 11.9. The van der Waals surface area contributed by atoms with Gasteiger partial charge in [-0.2, -0.15) is 0 Å². The van der Waals surface area contributed by atoms with Gasteiger partial charge < -0.3 is 9.64 Å². The van der Waals surface area contributed by atoms with E-state index in [9.17, 15) is 9.59 Å². The number of esters is 1. The SMILES string of the molecule is CC(C)Cc1ccc([C@@H](C)C(=O)OCC(=O)N(C)C)cc1. The lowest BCUT2D eigenvalue weighted by atomic mass is 9.97. The fourth-order valence-corrected chi connectivity index (χ4v) is 1.94. The van der Waals surface area contributed by atoms with Crippen molar-refractivity contribution in [3.8, 4) is 0 Å². The van der Waals surface area contributed by atoms with Crippen LogP contribution in [-0.2, 0) is 20.7 Å². The van der Waals surface area contributed by atoms with Gasteiger partial charge in [-0.25, -0.2) is 0 Å². The molecule has 0 unspecified atom stereocenters. The van der Waals surface area contributed by atoms with Crippen LogP contribution in [0.25, 0.3) is 0 Å². The van der Waals surface area contributed by atoms with Crippen molar-refractivity contribution in [3.63, 3.8) is 0 Å². The Morgan fingerprint density at radius 3 is 2.14 bits per heavy atom. The Morgan fingerprint density at radius 2 is 1.67 bits per heavy atom. The summed E-state index contributed by atoms with van der Waals surface area (Å²) in [5.74, 6) is -0.354. The van der Waals surface area contributed by atoms with Crippen molar-refractivity contribution in [3.05, 3.63) is 35.4 Å². The molecule has 0 aliphatic rings. The van der Waals surface area contributed by atoms with Gasteiger partial charge in [0, 0.05) is 14.1 Å². The second kappa shape index (κ2) is 7.81. The molecule has 0 saturated heterocycles. The third kappa shape index (κ3) is 5.58. The number of carbonyl (C=O) groups excluding carboxylic acids is 2. The monoisotopic (exact) mass is 291 g/mol. The molecule has 0 heterocycles. The highest BCUT2D eigenvalue weighted by atomic mass is 16.5. The largest absolute Gasteiger partial charge is 0.455 e. The summed E-state index contributed by atoms with van der Waals surface area (Å²) in [6, 6.07) is 8.00. The molecule has 0 radical (unpaired) electrons. The zero-order chi connectivity index (χ0) is 16.0. The number of hydrogen-bond acceptors (Lipinski definition) is 3. The van der Waals surface area contributed by atoms with Crippen molar-refractivity contribution >= 4 is 11.9 Å². The number of nitrogens with zero attached hydrogens (tertiary/aromatic N) is 1. The molecule has 116 valence electrons. The predicted octanol–water partition coefficient (Wildman–Crippen LogP) is 2.62. The third-order valence-electron chi connectivity index (χ3n) is 3.31. The molecule has 0 aromatic heterocycles. The quantitative estimate of drug-likeness (QED) is 0.757. The van der Waals surface area contributed by atoms with Crippen LogP contribution in [0.4, 0.5) is 0 Å². The molecule has 1 aromatic rings. The molecule has 0 aliphatic carbocycles. The van der Waals surface area contributed by atoms with Crippen molar-refractivity contribution in [2.24, 2.45) is 5.92 Å². The van der Waals surface area contributed by atoms with Crippen LogP contribution in [0.1, 0.15) is 37.8 Å². The van der Waals surface area contributed by atoms with Gasteiger partial charge in [0.05, 0.1) is 5.92 Å². The summed E-state index contributed by atoms with van der Waals surface area (Å²) in [5, 5.41) is 0. The standard InChI is InChI=1S/C17H25NO3/c1-12(2)10-14-6-8-15(9-7-14)13(3)17(20)21-11-16(19)18(4)5/h6-9,12-13H,10-11H2,1-5H3/t13-/m1/s1. The molecule has 4 heteroatoms. The Bertz CT molecular complexity index is 477. The van der Waals surface area contributed by atoms with Gasteiger partial charge in [-0.1, -0.05) is 38.1 Å². The minimum Gasteiger partial charge on any atom is -0.455 e. The van der Waals surface area contributed by atoms with Crippen LogP contribution in [0.5, 0.6) is 0 Å². The molecule has 21 heavy (non-hydrogen) atoms. The fourth-order valence-electron chi connectivity index (χ4n) is 1.94. The summed E-state index contributed by atoms with van der Waals surface area (Å²) in [6.07, 6.45) is 1.02. The summed E-state index contributed by atoms with van der Waals surface area (Å²) in [6.45, 7) is 5.94. The van der Waals surface area contributed by atoms with E-state index < -0.39 is 0 Å². The maximum absolute atomic E-state index is 11.9. The van der Waals surface area contributed by atoms with Crippen LogP contribution in [0.15, 0.2) is 24.3 Å². The Kier molecular flexibility index (Phi) is 6.40. The summed E-state index contributed by atoms with van der Waals surface area (Å²) < 4.78 is 5.05. The van der Waals surface area contributed by atoms with E-state index in [-0.39, 0.29) is 24.4 Å². The first-order valence-electron chi connectivity index (χ1n) is 7.27. The van der Waals surface area contributed by atoms with Crippen molar-refractivity contribution in [1.82, 2.24) is 4.90 Å². The van der Waals surface area contributed by atoms with E-state index in [0.29, 0.717) is 5.92 Å². The van der Waals surface area contributed by atoms with Crippen LogP contribution in [-0.4, -0.2) is 37.5 Å². The summed E-state index contributed by atoms with van der Waals surface area (Å²) >= 11 is 0. The van der Waals surface area contributed by atoms with Crippen molar-refractivity contribution in [1.29, 1.82) is 0 Å². The van der Waals surface area contributed by atoms with E-state index in [1.54, 1.807) is 21.0 Å². The summed E-state index contributed by atoms with van der Waals surface area (Å²) in [5.41, 5.74) is 2.17. The van der Waals surface area contributed by atoms with Gasteiger partial charge in [0.2, 0.25) is 0 Å². The molecular formula is C17H25NO3. The highest BCUT2D eigenvalue weighted by Gasteiger charge is 2.18. The molecule has 1 aromatic carbocycles. The molecule has 0 spiro atoms. The summed E-state index contributed by atoms with van der Waals surface area (Å²) in [4.78, 5) is 24.7. The smallest absolute Gasteiger partial charge is 0.313 e. The number of rotatable bonds is 6. The summed E-state index contributed by atoms with van der Waals surface area (Å²) in [7, 11) is 3.26. The average Bonchev–Trinajstić information content (AvgIpc) is 2.43. The zero-order valence-electron chi connectivity index (χ0n) is 13.6. The Labute approximate surface area is 127 Å². The number of likely N-dealkylation sites (N-methyl/N-ethyl adjacent to an activating group) is 1. The van der Waals surface area contributed by atoms with Gasteiger partial charge in [0.25, 0.3) is 5.91 Å². The number of carbonyl (C=O) groups is 2. The molecule has 1 atom stereocenters. The Morgan fingerprint density at radius 1 is 1.10 bits per heavy atom. The molecule has 4 nitrogen and oxygen atoms in total. The number of amides is 1. The maximum Gasteiger partial charge on any atom is 0.313 e. The molecule has 0 N–H and O–H groups in total. The van der Waals surface area contributed by atoms with E-state index in [4.69, 9.17) is 4.74 Å². The second-order valence-corrected chi connectivity index (χ2v) is 5.96. The number of hydrogen-bond donors (Lipinski definition) is 0. The molecule has 0 fully saturated rings. The average molecular weight is 291 g/mol. The van der Waals surface area contributed by atoms with Gasteiger partial charge in [-0.05, 0) is 30.4 Å². The minimum atomic E-state index is -0.373. The molecular weight excluding hydrogens is 266 g/mol. The van der Waals surface area contributed by atoms with Gasteiger partial charge >= 0.3 is 5.97 Å². The van der Waals surface area contributed by atoms with Gasteiger partial charge in [-0.15, -0.1) is 0 Å². The van der Waals surface area contributed by atoms with Gasteiger partial charge in [0.1, 0.15) is 0 Å². The highest BCUT2D eigenvalue weighted by molar-refractivity contribution is 5.82. The zero-order valence-corrected chi connectivity index (χ0v) is 13.6. The Hall–Kier alpha value is -1.84. The first kappa shape index (κ1) is 17.2. The Balaban J connectivity index is 2.59. The molecule has 0 bridgehead atoms. The van der Waals surface area contributed by atoms with E-state index in [2.05, 4.69) is 13.8 Å². The lowest BCUT2D eigenvalue weighted by Gasteiger charge is -2.14. The van der Waals surface area contributed by atoms with E-state index in [0.717, 1.165) is 12.0 Å². The topological polar surface area (TPSA) is 46.6 Å². The second-order valence-electron chi connectivity index (χ2n) is 5.96. The number of ether oxygens (including phenoxy) is 1. The first-order chi connectivity index (χ1) is 9.81. The van der Waals surface area contributed by atoms with Crippen LogP contribution in [0.2, 0.25) is 0 Å². The first-order valence-corrected chi connectivity index (χ1v) is 7.27. The lowest BCUT2D eigenvalue weighted by molar-refractivity contribution is -0.152. The van der Waals surface area contributed by atoms with E-state index >= 15 is 0 Å². The predicted molar refractivity (Wildman–Crippen MR) is 83.1 cm³/mol. The van der Waals surface area contributed by atoms with Gasteiger partial charge in [-0.3, -0.25) is 9.59 Å². The molecule has 0 saturated carbocycles. The van der Waals surface area contributed by atoms with Gasteiger partial charge in [0.15, 0.2) is 6.61 Å².